The van der Waals surface area contributed by atoms with Crippen LogP contribution in [0.5, 0.6) is 11.5 Å². The van der Waals surface area contributed by atoms with Crippen LogP contribution in [-0.2, 0) is 11.2 Å². The third kappa shape index (κ3) is 4.91. The quantitative estimate of drug-likeness (QED) is 0.637. The van der Waals surface area contributed by atoms with Gasteiger partial charge < -0.3 is 14.8 Å². The zero-order chi connectivity index (χ0) is 22.3. The number of hydrogen-bond donors (Lipinski definition) is 1. The normalized spacial score (nSPS) is 15.3. The number of para-hydroxylation sites is 1. The number of anilines is 1. The highest BCUT2D eigenvalue weighted by atomic mass is 16.5. The van der Waals surface area contributed by atoms with Crippen molar-refractivity contribution in [2.45, 2.75) is 25.4 Å². The Morgan fingerprint density at radius 1 is 0.969 bits per heavy atom. The minimum Gasteiger partial charge on any atom is -0.497 e. The van der Waals surface area contributed by atoms with E-state index in [1.54, 1.807) is 42.3 Å². The van der Waals surface area contributed by atoms with E-state index in [0.29, 0.717) is 23.5 Å². The first-order valence-electron chi connectivity index (χ1n) is 10.7. The Kier molecular flexibility index (Phi) is 6.70. The Hall–Kier alpha value is -3.80. The van der Waals surface area contributed by atoms with Crippen LogP contribution in [0.3, 0.4) is 0 Å². The van der Waals surface area contributed by atoms with E-state index in [4.69, 9.17) is 9.47 Å². The maximum atomic E-state index is 13.5. The number of ether oxygens (including phenoxy) is 2. The molecule has 0 bridgehead atoms. The summed E-state index contributed by atoms with van der Waals surface area (Å²) in [4.78, 5) is 28.0. The smallest absolute Gasteiger partial charge is 0.259 e. The van der Waals surface area contributed by atoms with Crippen molar-refractivity contribution in [1.29, 1.82) is 0 Å². The summed E-state index contributed by atoms with van der Waals surface area (Å²) in [7, 11) is 1.58. The number of nitrogens with zero attached hydrogens (tertiary/aromatic N) is 1. The van der Waals surface area contributed by atoms with Crippen molar-refractivity contribution in [2.24, 2.45) is 0 Å². The number of methoxy groups -OCH3 is 1. The Morgan fingerprint density at radius 2 is 1.72 bits per heavy atom. The first kappa shape index (κ1) is 21.4. The fourth-order valence-corrected chi connectivity index (χ4v) is 3.91. The summed E-state index contributed by atoms with van der Waals surface area (Å²) in [5.41, 5.74) is 2.51. The third-order valence-corrected chi connectivity index (χ3v) is 5.46. The van der Waals surface area contributed by atoms with E-state index in [2.05, 4.69) is 5.32 Å². The molecular weight excluding hydrogens is 404 g/mol. The summed E-state index contributed by atoms with van der Waals surface area (Å²) in [6.07, 6.45) is 1.89. The molecule has 3 aromatic rings. The van der Waals surface area contributed by atoms with Crippen molar-refractivity contribution in [3.8, 4) is 11.5 Å². The Balaban J connectivity index is 1.54. The SMILES string of the molecule is COc1cccc(OCC(=O)NC2CCCc3ccccc3N2C(=O)c2ccccc2)c1. The van der Waals surface area contributed by atoms with E-state index in [-0.39, 0.29) is 18.4 Å². The molecule has 1 N–H and O–H groups in total. The van der Waals surface area contributed by atoms with Gasteiger partial charge in [0.1, 0.15) is 17.7 Å². The molecule has 4 rings (SSSR count). The standard InChI is InChI=1S/C26H26N2O4/c1-31-21-13-8-14-22(17-21)32-18-25(29)27-24-16-7-12-19-9-5-6-15-23(19)28(24)26(30)20-10-3-2-4-11-20/h2-6,8-11,13-15,17,24H,7,12,16,18H2,1H3,(H,27,29). The van der Waals surface area contributed by atoms with Crippen molar-refractivity contribution >= 4 is 17.5 Å². The van der Waals surface area contributed by atoms with Crippen molar-refractivity contribution in [2.75, 3.05) is 18.6 Å². The summed E-state index contributed by atoms with van der Waals surface area (Å²) in [6.45, 7) is -0.154. The zero-order valence-corrected chi connectivity index (χ0v) is 18.0. The largest absolute Gasteiger partial charge is 0.497 e. The van der Waals surface area contributed by atoms with Gasteiger partial charge in [-0.25, -0.2) is 0 Å². The van der Waals surface area contributed by atoms with Crippen LogP contribution >= 0.6 is 0 Å². The number of carbonyl (C=O) groups is 2. The number of carbonyl (C=O) groups excluding carboxylic acids is 2. The second-order valence-corrected chi connectivity index (χ2v) is 7.61. The molecule has 1 aliphatic rings. The van der Waals surface area contributed by atoms with Crippen molar-refractivity contribution in [3.05, 3.63) is 90.0 Å². The van der Waals surface area contributed by atoms with Crippen LogP contribution < -0.4 is 19.7 Å². The van der Waals surface area contributed by atoms with Gasteiger partial charge in [-0.05, 0) is 55.2 Å². The van der Waals surface area contributed by atoms with E-state index in [0.717, 1.165) is 24.1 Å². The van der Waals surface area contributed by atoms with E-state index in [9.17, 15) is 9.59 Å². The van der Waals surface area contributed by atoms with Gasteiger partial charge in [0.2, 0.25) is 0 Å². The summed E-state index contributed by atoms with van der Waals surface area (Å²) >= 11 is 0. The van der Waals surface area contributed by atoms with E-state index in [1.807, 2.05) is 48.5 Å². The van der Waals surface area contributed by atoms with Gasteiger partial charge in [0.15, 0.2) is 6.61 Å². The molecule has 0 aromatic heterocycles. The number of rotatable bonds is 6. The fourth-order valence-electron chi connectivity index (χ4n) is 3.91. The number of nitrogens with one attached hydrogen (secondary N) is 1. The summed E-state index contributed by atoms with van der Waals surface area (Å²) in [5, 5.41) is 3.01. The van der Waals surface area contributed by atoms with Gasteiger partial charge in [-0.3, -0.25) is 14.5 Å². The first-order chi connectivity index (χ1) is 15.7. The first-order valence-corrected chi connectivity index (χ1v) is 10.7. The third-order valence-electron chi connectivity index (χ3n) is 5.46. The Labute approximate surface area is 187 Å². The van der Waals surface area contributed by atoms with Gasteiger partial charge in [0.05, 0.1) is 7.11 Å². The molecule has 0 saturated carbocycles. The number of aryl methyl sites for hydroxylation is 1. The lowest BCUT2D eigenvalue weighted by atomic mass is 10.1. The molecule has 1 heterocycles. The van der Waals surface area contributed by atoms with E-state index >= 15 is 0 Å². The molecule has 1 unspecified atom stereocenters. The van der Waals surface area contributed by atoms with Crippen LogP contribution in [0.25, 0.3) is 0 Å². The second-order valence-electron chi connectivity index (χ2n) is 7.61. The van der Waals surface area contributed by atoms with Crippen LogP contribution in [-0.4, -0.2) is 31.7 Å². The maximum absolute atomic E-state index is 13.5. The van der Waals surface area contributed by atoms with Gasteiger partial charge in [0.25, 0.3) is 11.8 Å². The highest BCUT2D eigenvalue weighted by Crippen LogP contribution is 2.30. The van der Waals surface area contributed by atoms with Gasteiger partial charge in [-0.15, -0.1) is 0 Å². The number of amides is 2. The molecular formula is C26H26N2O4. The number of hydrogen-bond acceptors (Lipinski definition) is 4. The van der Waals surface area contributed by atoms with Gasteiger partial charge in [-0.2, -0.15) is 0 Å². The van der Waals surface area contributed by atoms with Gasteiger partial charge in [0, 0.05) is 17.3 Å². The van der Waals surface area contributed by atoms with Crippen LogP contribution in [0.1, 0.15) is 28.8 Å². The summed E-state index contributed by atoms with van der Waals surface area (Å²) in [6, 6.07) is 24.1. The lowest BCUT2D eigenvalue weighted by molar-refractivity contribution is -0.123. The number of benzene rings is 3. The minimum atomic E-state index is -0.465. The van der Waals surface area contributed by atoms with Crippen LogP contribution in [0, 0.1) is 0 Å². The summed E-state index contributed by atoms with van der Waals surface area (Å²) in [5.74, 6) is 0.771. The van der Waals surface area contributed by atoms with Crippen LogP contribution in [0.2, 0.25) is 0 Å². The molecule has 0 aliphatic carbocycles. The fraction of sp³-hybridized carbons (Fsp3) is 0.231. The van der Waals surface area contributed by atoms with Crippen LogP contribution in [0.15, 0.2) is 78.9 Å². The molecule has 0 fully saturated rings. The van der Waals surface area contributed by atoms with Crippen molar-refractivity contribution in [3.63, 3.8) is 0 Å². The molecule has 6 nitrogen and oxygen atoms in total. The molecule has 3 aromatic carbocycles. The Morgan fingerprint density at radius 3 is 2.53 bits per heavy atom. The highest BCUT2D eigenvalue weighted by molar-refractivity contribution is 6.07. The minimum absolute atomic E-state index is 0.140. The molecule has 6 heteroatoms. The van der Waals surface area contributed by atoms with Crippen LogP contribution in [0.4, 0.5) is 5.69 Å². The lowest BCUT2D eigenvalue weighted by Gasteiger charge is -2.32. The van der Waals surface area contributed by atoms with E-state index < -0.39 is 6.17 Å². The lowest BCUT2D eigenvalue weighted by Crippen LogP contribution is -2.52. The monoisotopic (exact) mass is 430 g/mol. The predicted octanol–water partition coefficient (Wildman–Crippen LogP) is 4.20. The average molecular weight is 431 g/mol. The van der Waals surface area contributed by atoms with Gasteiger partial charge in [-0.1, -0.05) is 42.5 Å². The average Bonchev–Trinajstić information content (AvgIpc) is 3.02. The molecule has 0 spiro atoms. The molecule has 1 atom stereocenters. The molecule has 32 heavy (non-hydrogen) atoms. The highest BCUT2D eigenvalue weighted by Gasteiger charge is 2.31. The predicted molar refractivity (Wildman–Crippen MR) is 123 cm³/mol. The molecule has 1 aliphatic heterocycles. The maximum Gasteiger partial charge on any atom is 0.259 e. The van der Waals surface area contributed by atoms with Crippen molar-refractivity contribution < 1.29 is 19.1 Å². The molecule has 2 amide bonds. The molecule has 164 valence electrons. The summed E-state index contributed by atoms with van der Waals surface area (Å²) < 4.78 is 10.8. The Bertz CT molecular complexity index is 1080. The van der Waals surface area contributed by atoms with E-state index in [1.165, 1.54) is 0 Å². The number of fused-ring (bicyclic) bond motifs is 1. The zero-order valence-electron chi connectivity index (χ0n) is 18.0. The second kappa shape index (κ2) is 10.0. The molecule has 0 radical (unpaired) electrons. The van der Waals surface area contributed by atoms with Gasteiger partial charge >= 0.3 is 0 Å². The molecule has 0 saturated heterocycles. The topological polar surface area (TPSA) is 67.9 Å². The van der Waals surface area contributed by atoms with Crippen molar-refractivity contribution in [1.82, 2.24) is 5.32 Å².